The van der Waals surface area contributed by atoms with Gasteiger partial charge in [0.05, 0.1) is 4.90 Å². The van der Waals surface area contributed by atoms with Gasteiger partial charge in [0.2, 0.25) is 5.95 Å². The molecule has 100 valence electrons. The Kier molecular flexibility index (Phi) is 4.07. The molecule has 0 saturated carbocycles. The Hall–Kier alpha value is -1.18. The van der Waals surface area contributed by atoms with Crippen LogP contribution in [-0.4, -0.2) is 18.4 Å². The number of aromatic nitrogens is 2. The molecule has 0 amide bonds. The quantitative estimate of drug-likeness (QED) is 0.852. The van der Waals surface area contributed by atoms with Crippen LogP contribution >= 0.6 is 27.5 Å². The van der Waals surface area contributed by atoms with Crippen molar-refractivity contribution in [3.05, 3.63) is 45.7 Å². The second-order valence-corrected chi connectivity index (χ2v) is 6.70. The summed E-state index contributed by atoms with van der Waals surface area (Å²) in [6.07, 6.45) is 0. The standard InChI is InChI=1S/C11H9BrClN3O2S/c1-7-6-10(13)15-11(14-7)16-19(17,18)9-4-2-8(12)3-5-9/h2-6H,1H3,(H,14,15,16). The van der Waals surface area contributed by atoms with E-state index in [0.717, 1.165) is 4.47 Å². The topological polar surface area (TPSA) is 72.0 Å². The number of halogens is 2. The van der Waals surface area contributed by atoms with Crippen LogP contribution < -0.4 is 4.72 Å². The Bertz CT molecular complexity index is 684. The molecule has 0 aliphatic heterocycles. The predicted octanol–water partition coefficient (Wildman–Crippen LogP) is 3.00. The number of rotatable bonds is 3. The molecule has 1 aromatic carbocycles. The second-order valence-electron chi connectivity index (χ2n) is 3.72. The first-order valence-electron chi connectivity index (χ1n) is 5.16. The monoisotopic (exact) mass is 361 g/mol. The summed E-state index contributed by atoms with van der Waals surface area (Å²) >= 11 is 8.99. The predicted molar refractivity (Wildman–Crippen MR) is 76.7 cm³/mol. The summed E-state index contributed by atoms with van der Waals surface area (Å²) < 4.78 is 27.3. The molecule has 0 unspecified atom stereocenters. The van der Waals surface area contributed by atoms with E-state index < -0.39 is 10.0 Å². The largest absolute Gasteiger partial charge is 0.264 e. The highest BCUT2D eigenvalue weighted by Gasteiger charge is 2.15. The second kappa shape index (κ2) is 5.44. The van der Waals surface area contributed by atoms with Crippen molar-refractivity contribution in [2.75, 3.05) is 4.72 Å². The van der Waals surface area contributed by atoms with Crippen LogP contribution in [0.15, 0.2) is 39.7 Å². The smallest absolute Gasteiger partial charge is 0.247 e. The molecule has 0 spiro atoms. The van der Waals surface area contributed by atoms with Crippen LogP contribution in [0.25, 0.3) is 0 Å². The number of hydrogen-bond donors (Lipinski definition) is 1. The highest BCUT2D eigenvalue weighted by atomic mass is 79.9. The zero-order chi connectivity index (χ0) is 14.0. The fourth-order valence-electron chi connectivity index (χ4n) is 1.37. The average molecular weight is 363 g/mol. The average Bonchev–Trinajstić information content (AvgIpc) is 2.27. The molecule has 2 rings (SSSR count). The minimum absolute atomic E-state index is 0.0482. The van der Waals surface area contributed by atoms with E-state index in [1.165, 1.54) is 12.1 Å². The minimum Gasteiger partial charge on any atom is -0.247 e. The maximum atomic E-state index is 12.1. The molecule has 0 saturated heterocycles. The molecule has 0 atom stereocenters. The fourth-order valence-corrected chi connectivity index (χ4v) is 2.81. The van der Waals surface area contributed by atoms with E-state index >= 15 is 0 Å². The Morgan fingerprint density at radius 2 is 1.84 bits per heavy atom. The Balaban J connectivity index is 2.33. The molecular formula is C11H9BrClN3O2S. The third-order valence-electron chi connectivity index (χ3n) is 2.17. The van der Waals surface area contributed by atoms with Crippen molar-refractivity contribution < 1.29 is 8.42 Å². The molecule has 0 radical (unpaired) electrons. The van der Waals surface area contributed by atoms with E-state index in [1.54, 1.807) is 25.1 Å². The number of anilines is 1. The van der Waals surface area contributed by atoms with Gasteiger partial charge >= 0.3 is 0 Å². The normalized spacial score (nSPS) is 11.3. The third kappa shape index (κ3) is 3.65. The Labute approximate surface area is 124 Å². The zero-order valence-electron chi connectivity index (χ0n) is 9.76. The summed E-state index contributed by atoms with van der Waals surface area (Å²) in [5, 5.41) is 0.181. The summed E-state index contributed by atoms with van der Waals surface area (Å²) in [7, 11) is -3.72. The summed E-state index contributed by atoms with van der Waals surface area (Å²) in [6, 6.07) is 7.77. The van der Waals surface area contributed by atoms with Crippen LogP contribution in [0.1, 0.15) is 5.69 Å². The van der Waals surface area contributed by atoms with Gasteiger partial charge in [-0.3, -0.25) is 0 Å². The fraction of sp³-hybridized carbons (Fsp3) is 0.0909. The molecule has 1 heterocycles. The van der Waals surface area contributed by atoms with Crippen molar-refractivity contribution in [2.24, 2.45) is 0 Å². The van der Waals surface area contributed by atoms with Gasteiger partial charge in [-0.1, -0.05) is 27.5 Å². The van der Waals surface area contributed by atoms with Crippen molar-refractivity contribution >= 4 is 43.5 Å². The lowest BCUT2D eigenvalue weighted by Gasteiger charge is -2.07. The van der Waals surface area contributed by atoms with Crippen molar-refractivity contribution in [1.29, 1.82) is 0 Å². The minimum atomic E-state index is -3.72. The van der Waals surface area contributed by atoms with Gasteiger partial charge in [0.1, 0.15) is 5.15 Å². The molecule has 2 aromatic rings. The first-order valence-corrected chi connectivity index (χ1v) is 7.82. The van der Waals surface area contributed by atoms with Crippen LogP contribution in [0.2, 0.25) is 5.15 Å². The SMILES string of the molecule is Cc1cc(Cl)nc(NS(=O)(=O)c2ccc(Br)cc2)n1. The van der Waals surface area contributed by atoms with E-state index in [2.05, 4.69) is 30.6 Å². The van der Waals surface area contributed by atoms with Crippen LogP contribution in [0, 0.1) is 6.92 Å². The van der Waals surface area contributed by atoms with Gasteiger partial charge in [-0.15, -0.1) is 0 Å². The lowest BCUT2D eigenvalue weighted by atomic mass is 10.4. The number of hydrogen-bond acceptors (Lipinski definition) is 4. The van der Waals surface area contributed by atoms with Crippen molar-refractivity contribution in [3.63, 3.8) is 0 Å². The van der Waals surface area contributed by atoms with Crippen molar-refractivity contribution in [1.82, 2.24) is 9.97 Å². The molecule has 0 aliphatic carbocycles. The number of aryl methyl sites for hydroxylation is 1. The van der Waals surface area contributed by atoms with E-state index in [1.807, 2.05) is 0 Å². The third-order valence-corrected chi connectivity index (χ3v) is 4.24. The molecule has 0 bridgehead atoms. The van der Waals surface area contributed by atoms with Gasteiger partial charge in [0.15, 0.2) is 0 Å². The first kappa shape index (κ1) is 14.2. The van der Waals surface area contributed by atoms with E-state index in [-0.39, 0.29) is 16.0 Å². The number of nitrogens with zero attached hydrogens (tertiary/aromatic N) is 2. The van der Waals surface area contributed by atoms with Gasteiger partial charge < -0.3 is 0 Å². The molecule has 1 N–H and O–H groups in total. The van der Waals surface area contributed by atoms with Gasteiger partial charge in [0, 0.05) is 10.2 Å². The zero-order valence-corrected chi connectivity index (χ0v) is 12.9. The highest BCUT2D eigenvalue weighted by Crippen LogP contribution is 2.18. The lowest BCUT2D eigenvalue weighted by Crippen LogP contribution is -2.15. The summed E-state index contributed by atoms with van der Waals surface area (Å²) in [6.45, 7) is 1.70. The highest BCUT2D eigenvalue weighted by molar-refractivity contribution is 9.10. The van der Waals surface area contributed by atoms with E-state index in [4.69, 9.17) is 11.6 Å². The van der Waals surface area contributed by atoms with Gasteiger partial charge in [0.25, 0.3) is 10.0 Å². The summed E-state index contributed by atoms with van der Waals surface area (Å²) in [4.78, 5) is 7.91. The molecule has 5 nitrogen and oxygen atoms in total. The van der Waals surface area contributed by atoms with E-state index in [9.17, 15) is 8.42 Å². The molecule has 19 heavy (non-hydrogen) atoms. The van der Waals surface area contributed by atoms with Crippen molar-refractivity contribution in [2.45, 2.75) is 11.8 Å². The number of nitrogens with one attached hydrogen (secondary N) is 1. The summed E-state index contributed by atoms with van der Waals surface area (Å²) in [5.74, 6) is -0.0482. The number of sulfonamides is 1. The molecular weight excluding hydrogens is 354 g/mol. The van der Waals surface area contributed by atoms with Crippen LogP contribution in [0.5, 0.6) is 0 Å². The maximum Gasteiger partial charge on any atom is 0.264 e. The van der Waals surface area contributed by atoms with Crippen LogP contribution in [-0.2, 0) is 10.0 Å². The summed E-state index contributed by atoms with van der Waals surface area (Å²) in [5.41, 5.74) is 0.577. The van der Waals surface area contributed by atoms with E-state index in [0.29, 0.717) is 5.69 Å². The lowest BCUT2D eigenvalue weighted by molar-refractivity contribution is 0.601. The van der Waals surface area contributed by atoms with Crippen LogP contribution in [0.4, 0.5) is 5.95 Å². The van der Waals surface area contributed by atoms with Crippen molar-refractivity contribution in [3.8, 4) is 0 Å². The molecule has 0 aliphatic rings. The molecule has 0 fully saturated rings. The first-order chi connectivity index (χ1) is 8.87. The Morgan fingerprint density at radius 3 is 2.42 bits per heavy atom. The Morgan fingerprint density at radius 1 is 1.21 bits per heavy atom. The number of benzene rings is 1. The van der Waals surface area contributed by atoms with Gasteiger partial charge in [-0.05, 0) is 37.3 Å². The maximum absolute atomic E-state index is 12.1. The van der Waals surface area contributed by atoms with Gasteiger partial charge in [-0.25, -0.2) is 23.1 Å². The molecule has 1 aromatic heterocycles. The molecule has 8 heteroatoms. The van der Waals surface area contributed by atoms with Crippen LogP contribution in [0.3, 0.4) is 0 Å². The van der Waals surface area contributed by atoms with Gasteiger partial charge in [-0.2, -0.15) is 0 Å².